The van der Waals surface area contributed by atoms with E-state index in [1.807, 2.05) is 0 Å². The van der Waals surface area contributed by atoms with Crippen LogP contribution in [0.4, 0.5) is 0 Å². The van der Waals surface area contributed by atoms with Gasteiger partial charge in [0.15, 0.2) is 0 Å². The molecule has 1 heterocycles. The molecule has 72 valence electrons. The van der Waals surface area contributed by atoms with Gasteiger partial charge in [0.25, 0.3) is 0 Å². The lowest BCUT2D eigenvalue weighted by atomic mass is 9.98. The molecule has 0 aromatic rings. The van der Waals surface area contributed by atoms with Crippen molar-refractivity contribution in [2.45, 2.75) is 51.9 Å². The van der Waals surface area contributed by atoms with Crippen LogP contribution in [0.2, 0.25) is 0 Å². The van der Waals surface area contributed by atoms with Crippen LogP contribution in [-0.4, -0.2) is 13.1 Å². The Kier molecular flexibility index (Phi) is 5.42. The van der Waals surface area contributed by atoms with Crippen molar-refractivity contribution in [1.29, 1.82) is 0 Å². The Hall–Kier alpha value is -0.0400. The average molecular weight is 169 g/mol. The summed E-state index contributed by atoms with van der Waals surface area (Å²) in [4.78, 5) is 0. The van der Waals surface area contributed by atoms with Crippen LogP contribution >= 0.6 is 0 Å². The minimum Gasteiger partial charge on any atom is -0.317 e. The second-order valence-electron chi connectivity index (χ2n) is 4.20. The van der Waals surface area contributed by atoms with Gasteiger partial charge in [0, 0.05) is 0 Å². The summed E-state index contributed by atoms with van der Waals surface area (Å²) < 4.78 is 0. The molecule has 0 bridgehead atoms. The third-order valence-corrected chi connectivity index (χ3v) is 2.85. The molecule has 1 N–H and O–H groups in total. The molecular formula is C11H23N. The largest absolute Gasteiger partial charge is 0.317 e. The number of hydrogen-bond donors (Lipinski definition) is 1. The van der Waals surface area contributed by atoms with Crippen LogP contribution < -0.4 is 5.32 Å². The van der Waals surface area contributed by atoms with Crippen LogP contribution in [0.5, 0.6) is 0 Å². The molecule has 1 rings (SSSR count). The van der Waals surface area contributed by atoms with Gasteiger partial charge >= 0.3 is 0 Å². The van der Waals surface area contributed by atoms with E-state index in [1.165, 1.54) is 58.0 Å². The lowest BCUT2D eigenvalue weighted by molar-refractivity contribution is 0.450. The Balaban J connectivity index is 2.13. The molecule has 1 heteroatoms. The Labute approximate surface area is 76.9 Å². The Bertz CT molecular complexity index is 89.2. The molecule has 1 fully saturated rings. The summed E-state index contributed by atoms with van der Waals surface area (Å²) in [6.07, 6.45) is 9.97. The molecule has 0 aliphatic carbocycles. The minimum absolute atomic E-state index is 0.975. The van der Waals surface area contributed by atoms with E-state index in [0.29, 0.717) is 0 Å². The van der Waals surface area contributed by atoms with E-state index in [1.54, 1.807) is 0 Å². The van der Waals surface area contributed by atoms with Gasteiger partial charge in [-0.1, -0.05) is 39.0 Å². The molecular weight excluding hydrogens is 146 g/mol. The van der Waals surface area contributed by atoms with Crippen LogP contribution in [-0.2, 0) is 0 Å². The molecule has 1 atom stereocenters. The van der Waals surface area contributed by atoms with Gasteiger partial charge < -0.3 is 5.32 Å². The topological polar surface area (TPSA) is 12.0 Å². The van der Waals surface area contributed by atoms with Crippen LogP contribution in [0.25, 0.3) is 0 Å². The summed E-state index contributed by atoms with van der Waals surface area (Å²) >= 11 is 0. The number of hydrogen-bond acceptors (Lipinski definition) is 1. The summed E-state index contributed by atoms with van der Waals surface area (Å²) in [5.41, 5.74) is 0. The van der Waals surface area contributed by atoms with Gasteiger partial charge in [0.2, 0.25) is 0 Å². The molecule has 0 radical (unpaired) electrons. The van der Waals surface area contributed by atoms with Crippen molar-refractivity contribution in [2.24, 2.45) is 5.92 Å². The van der Waals surface area contributed by atoms with E-state index >= 15 is 0 Å². The number of rotatable bonds is 0. The molecule has 0 amide bonds. The maximum Gasteiger partial charge on any atom is -0.00489 e. The summed E-state index contributed by atoms with van der Waals surface area (Å²) in [7, 11) is 0. The molecule has 1 aliphatic rings. The van der Waals surface area contributed by atoms with Gasteiger partial charge in [-0.2, -0.15) is 0 Å². The zero-order valence-corrected chi connectivity index (χ0v) is 8.44. The highest BCUT2D eigenvalue weighted by molar-refractivity contribution is 4.58. The SMILES string of the molecule is CC1CCCCCNCCCC1. The molecule has 0 aromatic heterocycles. The Morgan fingerprint density at radius 2 is 1.42 bits per heavy atom. The lowest BCUT2D eigenvalue weighted by Gasteiger charge is -2.08. The maximum absolute atomic E-state index is 3.50. The summed E-state index contributed by atoms with van der Waals surface area (Å²) in [5, 5.41) is 3.50. The van der Waals surface area contributed by atoms with E-state index in [0.717, 1.165) is 5.92 Å². The van der Waals surface area contributed by atoms with E-state index in [-0.39, 0.29) is 0 Å². The predicted octanol–water partition coefficient (Wildman–Crippen LogP) is 2.96. The highest BCUT2D eigenvalue weighted by Crippen LogP contribution is 2.16. The molecule has 12 heavy (non-hydrogen) atoms. The van der Waals surface area contributed by atoms with Gasteiger partial charge in [0.05, 0.1) is 0 Å². The first-order valence-corrected chi connectivity index (χ1v) is 5.60. The third-order valence-electron chi connectivity index (χ3n) is 2.85. The Morgan fingerprint density at radius 3 is 2.17 bits per heavy atom. The van der Waals surface area contributed by atoms with Crippen molar-refractivity contribution in [3.8, 4) is 0 Å². The van der Waals surface area contributed by atoms with Gasteiger partial charge in [-0.15, -0.1) is 0 Å². The first kappa shape index (κ1) is 10.0. The van der Waals surface area contributed by atoms with Gasteiger partial charge in [0.1, 0.15) is 0 Å². The fourth-order valence-electron chi connectivity index (χ4n) is 1.93. The molecule has 1 aliphatic heterocycles. The highest BCUT2D eigenvalue weighted by Gasteiger charge is 2.02. The van der Waals surface area contributed by atoms with Crippen molar-refractivity contribution in [1.82, 2.24) is 5.32 Å². The summed E-state index contributed by atoms with van der Waals surface area (Å²) in [6.45, 7) is 4.90. The second-order valence-corrected chi connectivity index (χ2v) is 4.20. The monoisotopic (exact) mass is 169 g/mol. The smallest absolute Gasteiger partial charge is 0.00489 e. The van der Waals surface area contributed by atoms with Crippen molar-refractivity contribution < 1.29 is 0 Å². The predicted molar refractivity (Wildman–Crippen MR) is 54.4 cm³/mol. The molecule has 0 spiro atoms. The van der Waals surface area contributed by atoms with Gasteiger partial charge in [-0.3, -0.25) is 0 Å². The second kappa shape index (κ2) is 6.47. The van der Waals surface area contributed by atoms with Crippen LogP contribution in [0, 0.1) is 5.92 Å². The average Bonchev–Trinajstić information content (AvgIpc) is 2.11. The van der Waals surface area contributed by atoms with E-state index in [4.69, 9.17) is 0 Å². The molecule has 1 nitrogen and oxygen atoms in total. The summed E-state index contributed by atoms with van der Waals surface area (Å²) in [5.74, 6) is 0.975. The lowest BCUT2D eigenvalue weighted by Crippen LogP contribution is -2.16. The molecule has 0 saturated carbocycles. The van der Waals surface area contributed by atoms with Gasteiger partial charge in [-0.05, 0) is 31.8 Å². The van der Waals surface area contributed by atoms with E-state index in [9.17, 15) is 0 Å². The first-order valence-electron chi connectivity index (χ1n) is 5.60. The standard InChI is InChI=1S/C11H23N/c1-11-7-3-2-5-9-12-10-6-4-8-11/h11-12H,2-10H2,1H3. The maximum atomic E-state index is 3.50. The zero-order valence-electron chi connectivity index (χ0n) is 8.44. The fraction of sp³-hybridized carbons (Fsp3) is 1.00. The highest BCUT2D eigenvalue weighted by atomic mass is 14.8. The van der Waals surface area contributed by atoms with Crippen LogP contribution in [0.3, 0.4) is 0 Å². The van der Waals surface area contributed by atoms with Crippen molar-refractivity contribution in [3.05, 3.63) is 0 Å². The third kappa shape index (κ3) is 4.76. The van der Waals surface area contributed by atoms with Crippen LogP contribution in [0.1, 0.15) is 51.9 Å². The summed E-state index contributed by atoms with van der Waals surface area (Å²) in [6, 6.07) is 0. The quantitative estimate of drug-likeness (QED) is 0.588. The van der Waals surface area contributed by atoms with Gasteiger partial charge in [-0.25, -0.2) is 0 Å². The van der Waals surface area contributed by atoms with Crippen LogP contribution in [0.15, 0.2) is 0 Å². The van der Waals surface area contributed by atoms with Crippen molar-refractivity contribution in [3.63, 3.8) is 0 Å². The minimum atomic E-state index is 0.975. The fourth-order valence-corrected chi connectivity index (χ4v) is 1.93. The van der Waals surface area contributed by atoms with Crippen molar-refractivity contribution >= 4 is 0 Å². The zero-order chi connectivity index (χ0) is 8.65. The molecule has 1 unspecified atom stereocenters. The molecule has 1 saturated heterocycles. The first-order chi connectivity index (χ1) is 5.89. The van der Waals surface area contributed by atoms with E-state index < -0.39 is 0 Å². The molecule has 0 aromatic carbocycles. The van der Waals surface area contributed by atoms with E-state index in [2.05, 4.69) is 12.2 Å². The Morgan fingerprint density at radius 1 is 0.833 bits per heavy atom. The van der Waals surface area contributed by atoms with Crippen molar-refractivity contribution in [2.75, 3.05) is 13.1 Å². The number of nitrogens with one attached hydrogen (secondary N) is 1. The normalized spacial score (nSPS) is 29.2.